The molecule has 21 heavy (non-hydrogen) atoms. The SMILES string of the molecule is CC(=O)NCCCN(C)c1ncccc1-c1nc(C)no1. The molecule has 0 atom stereocenters. The fourth-order valence-corrected chi connectivity index (χ4v) is 1.96. The zero-order chi connectivity index (χ0) is 15.2. The molecule has 7 heteroatoms. The molecule has 1 amide bonds. The molecular weight excluding hydrogens is 270 g/mol. The zero-order valence-corrected chi connectivity index (χ0v) is 12.5. The first kappa shape index (κ1) is 15.0. The van der Waals surface area contributed by atoms with Crippen LogP contribution in [0.3, 0.4) is 0 Å². The van der Waals surface area contributed by atoms with Crippen LogP contribution in [0.1, 0.15) is 19.2 Å². The Labute approximate surface area is 123 Å². The van der Waals surface area contributed by atoms with Crippen LogP contribution in [-0.2, 0) is 4.79 Å². The molecule has 112 valence electrons. The molecule has 7 nitrogen and oxygen atoms in total. The lowest BCUT2D eigenvalue weighted by Crippen LogP contribution is -2.27. The first-order valence-electron chi connectivity index (χ1n) is 6.79. The third-order valence-electron chi connectivity index (χ3n) is 2.95. The van der Waals surface area contributed by atoms with E-state index >= 15 is 0 Å². The van der Waals surface area contributed by atoms with E-state index in [9.17, 15) is 4.79 Å². The van der Waals surface area contributed by atoms with Crippen molar-refractivity contribution in [1.29, 1.82) is 0 Å². The maximum absolute atomic E-state index is 10.8. The highest BCUT2D eigenvalue weighted by Crippen LogP contribution is 2.26. The third-order valence-corrected chi connectivity index (χ3v) is 2.95. The summed E-state index contributed by atoms with van der Waals surface area (Å²) in [4.78, 5) is 21.5. The van der Waals surface area contributed by atoms with E-state index in [4.69, 9.17) is 4.52 Å². The molecule has 0 aliphatic rings. The van der Waals surface area contributed by atoms with Gasteiger partial charge in [-0.25, -0.2) is 4.98 Å². The minimum Gasteiger partial charge on any atom is -0.359 e. The van der Waals surface area contributed by atoms with Crippen molar-refractivity contribution in [3.8, 4) is 11.5 Å². The molecule has 0 aromatic carbocycles. The summed E-state index contributed by atoms with van der Waals surface area (Å²) in [5.41, 5.74) is 0.806. The zero-order valence-electron chi connectivity index (χ0n) is 12.5. The predicted octanol–water partition coefficient (Wildman–Crippen LogP) is 1.40. The largest absolute Gasteiger partial charge is 0.359 e. The summed E-state index contributed by atoms with van der Waals surface area (Å²) in [6, 6.07) is 3.74. The van der Waals surface area contributed by atoms with Gasteiger partial charge in [0.15, 0.2) is 5.82 Å². The van der Waals surface area contributed by atoms with Gasteiger partial charge in [-0.3, -0.25) is 4.79 Å². The topological polar surface area (TPSA) is 84.2 Å². The molecule has 2 aromatic rings. The first-order valence-corrected chi connectivity index (χ1v) is 6.79. The second kappa shape index (κ2) is 6.83. The quantitative estimate of drug-likeness (QED) is 0.809. The summed E-state index contributed by atoms with van der Waals surface area (Å²) >= 11 is 0. The predicted molar refractivity (Wildman–Crippen MR) is 78.8 cm³/mol. The number of hydrogen-bond donors (Lipinski definition) is 1. The maximum atomic E-state index is 10.8. The van der Waals surface area contributed by atoms with Gasteiger partial charge < -0.3 is 14.7 Å². The van der Waals surface area contributed by atoms with Crippen LogP contribution in [0.25, 0.3) is 11.5 Å². The molecule has 0 spiro atoms. The van der Waals surface area contributed by atoms with E-state index in [0.29, 0.717) is 18.3 Å². The van der Waals surface area contributed by atoms with Gasteiger partial charge in [0, 0.05) is 33.3 Å². The van der Waals surface area contributed by atoms with Gasteiger partial charge in [-0.2, -0.15) is 4.98 Å². The van der Waals surface area contributed by atoms with Crippen molar-refractivity contribution in [2.24, 2.45) is 0 Å². The second-order valence-corrected chi connectivity index (χ2v) is 4.78. The number of anilines is 1. The molecule has 0 fully saturated rings. The summed E-state index contributed by atoms with van der Waals surface area (Å²) < 4.78 is 5.21. The Morgan fingerprint density at radius 1 is 1.48 bits per heavy atom. The summed E-state index contributed by atoms with van der Waals surface area (Å²) in [6.45, 7) is 4.69. The summed E-state index contributed by atoms with van der Waals surface area (Å²) in [6.07, 6.45) is 2.56. The van der Waals surface area contributed by atoms with E-state index in [-0.39, 0.29) is 5.91 Å². The number of aromatic nitrogens is 3. The second-order valence-electron chi connectivity index (χ2n) is 4.78. The number of amides is 1. The normalized spacial score (nSPS) is 10.4. The Kier molecular flexibility index (Phi) is 4.86. The molecule has 2 heterocycles. The van der Waals surface area contributed by atoms with E-state index in [2.05, 4.69) is 20.4 Å². The summed E-state index contributed by atoms with van der Waals surface area (Å²) in [7, 11) is 1.95. The Morgan fingerprint density at radius 2 is 2.29 bits per heavy atom. The standard InChI is InChI=1S/C14H19N5O2/c1-10-17-14(21-18-10)12-6-4-7-16-13(12)19(3)9-5-8-15-11(2)20/h4,6-7H,5,8-9H2,1-3H3,(H,15,20). The Morgan fingerprint density at radius 3 is 2.95 bits per heavy atom. The molecule has 0 saturated carbocycles. The van der Waals surface area contributed by atoms with Gasteiger partial charge >= 0.3 is 0 Å². The minimum absolute atomic E-state index is 0.0162. The van der Waals surface area contributed by atoms with Crippen molar-refractivity contribution in [3.05, 3.63) is 24.2 Å². The van der Waals surface area contributed by atoms with Crippen LogP contribution in [0.5, 0.6) is 0 Å². The summed E-state index contributed by atoms with van der Waals surface area (Å²) in [5.74, 6) is 1.82. The van der Waals surface area contributed by atoms with Gasteiger partial charge in [-0.05, 0) is 25.5 Å². The number of nitrogens with one attached hydrogen (secondary N) is 1. The van der Waals surface area contributed by atoms with Crippen molar-refractivity contribution < 1.29 is 9.32 Å². The van der Waals surface area contributed by atoms with Crippen LogP contribution < -0.4 is 10.2 Å². The van der Waals surface area contributed by atoms with Gasteiger partial charge in [0.1, 0.15) is 5.82 Å². The van der Waals surface area contributed by atoms with Crippen LogP contribution in [0.15, 0.2) is 22.9 Å². The smallest absolute Gasteiger partial charge is 0.261 e. The van der Waals surface area contributed by atoms with Crippen LogP contribution in [0.4, 0.5) is 5.82 Å². The monoisotopic (exact) mass is 289 g/mol. The van der Waals surface area contributed by atoms with E-state index in [1.165, 1.54) is 6.92 Å². The lowest BCUT2D eigenvalue weighted by atomic mass is 10.2. The third kappa shape index (κ3) is 4.01. The van der Waals surface area contributed by atoms with E-state index < -0.39 is 0 Å². The Hall–Kier alpha value is -2.44. The molecule has 0 aliphatic heterocycles. The number of pyridine rings is 1. The van der Waals surface area contributed by atoms with Gasteiger partial charge in [-0.15, -0.1) is 0 Å². The number of aryl methyl sites for hydroxylation is 1. The molecular formula is C14H19N5O2. The number of rotatable bonds is 6. The van der Waals surface area contributed by atoms with E-state index in [0.717, 1.165) is 24.3 Å². The fraction of sp³-hybridized carbons (Fsp3) is 0.429. The van der Waals surface area contributed by atoms with Crippen molar-refractivity contribution in [2.75, 3.05) is 25.0 Å². The number of nitrogens with zero attached hydrogens (tertiary/aromatic N) is 4. The lowest BCUT2D eigenvalue weighted by molar-refractivity contribution is -0.118. The van der Waals surface area contributed by atoms with Gasteiger partial charge in [0.2, 0.25) is 5.91 Å². The molecule has 0 aliphatic carbocycles. The van der Waals surface area contributed by atoms with Gasteiger partial charge in [-0.1, -0.05) is 5.16 Å². The molecule has 2 rings (SSSR count). The van der Waals surface area contributed by atoms with Crippen LogP contribution in [0.2, 0.25) is 0 Å². The molecule has 2 aromatic heterocycles. The lowest BCUT2D eigenvalue weighted by Gasteiger charge is -2.19. The van der Waals surface area contributed by atoms with Crippen LogP contribution in [-0.4, -0.2) is 41.2 Å². The highest BCUT2D eigenvalue weighted by atomic mass is 16.5. The molecule has 0 radical (unpaired) electrons. The van der Waals surface area contributed by atoms with Gasteiger partial charge in [0.25, 0.3) is 5.89 Å². The summed E-state index contributed by atoms with van der Waals surface area (Å²) in [5, 5.41) is 6.58. The average molecular weight is 289 g/mol. The maximum Gasteiger partial charge on any atom is 0.261 e. The van der Waals surface area contributed by atoms with Crippen molar-refractivity contribution >= 4 is 11.7 Å². The van der Waals surface area contributed by atoms with E-state index in [1.54, 1.807) is 13.1 Å². The highest BCUT2D eigenvalue weighted by Gasteiger charge is 2.15. The number of hydrogen-bond acceptors (Lipinski definition) is 6. The van der Waals surface area contributed by atoms with Crippen molar-refractivity contribution in [2.45, 2.75) is 20.3 Å². The van der Waals surface area contributed by atoms with Crippen LogP contribution >= 0.6 is 0 Å². The van der Waals surface area contributed by atoms with Gasteiger partial charge in [0.05, 0.1) is 5.56 Å². The van der Waals surface area contributed by atoms with Crippen molar-refractivity contribution in [3.63, 3.8) is 0 Å². The fourth-order valence-electron chi connectivity index (χ4n) is 1.96. The molecule has 0 saturated heterocycles. The van der Waals surface area contributed by atoms with E-state index in [1.807, 2.05) is 24.1 Å². The molecule has 1 N–H and O–H groups in total. The first-order chi connectivity index (χ1) is 10.1. The molecule has 0 unspecified atom stereocenters. The average Bonchev–Trinajstić information content (AvgIpc) is 2.89. The molecule has 0 bridgehead atoms. The van der Waals surface area contributed by atoms with Crippen LogP contribution in [0, 0.1) is 6.92 Å². The number of carbonyl (C=O) groups is 1. The van der Waals surface area contributed by atoms with Crippen molar-refractivity contribution in [1.82, 2.24) is 20.4 Å². The Bertz CT molecular complexity index is 611. The Balaban J connectivity index is 2.07. The minimum atomic E-state index is -0.0162. The highest BCUT2D eigenvalue weighted by molar-refractivity contribution is 5.72. The number of carbonyl (C=O) groups excluding carboxylic acids is 1.